The molecule has 0 bridgehead atoms. The molecule has 1 aromatic heterocycles. The van der Waals surface area contributed by atoms with E-state index in [0.29, 0.717) is 0 Å². The molecule has 0 spiro atoms. The molecule has 0 aliphatic carbocycles. The van der Waals surface area contributed by atoms with Gasteiger partial charge in [-0.05, 0) is 18.9 Å². The number of aromatic nitrogens is 1. The Morgan fingerprint density at radius 1 is 1.47 bits per heavy atom. The summed E-state index contributed by atoms with van der Waals surface area (Å²) in [5, 5.41) is 5.78. The summed E-state index contributed by atoms with van der Waals surface area (Å²) in [6.45, 7) is 0.910. The normalized spacial score (nSPS) is 19.2. The van der Waals surface area contributed by atoms with Crippen LogP contribution in [-0.2, 0) is 4.79 Å². The van der Waals surface area contributed by atoms with Crippen molar-refractivity contribution in [3.63, 3.8) is 0 Å². The maximum Gasteiger partial charge on any atom is 0.242 e. The SMILES string of the molecule is CNC(=O)C1CCCN1c1cncc(NC)c1. The number of likely N-dealkylation sites (N-methyl/N-ethyl adjacent to an activating group) is 1. The average molecular weight is 234 g/mol. The van der Waals surface area contributed by atoms with E-state index in [4.69, 9.17) is 0 Å². The molecule has 1 atom stereocenters. The maximum atomic E-state index is 11.8. The van der Waals surface area contributed by atoms with Crippen LogP contribution >= 0.6 is 0 Å². The van der Waals surface area contributed by atoms with Crippen LogP contribution in [0.5, 0.6) is 0 Å². The molecule has 1 aliphatic heterocycles. The molecule has 1 fully saturated rings. The van der Waals surface area contributed by atoms with Crippen LogP contribution in [0.2, 0.25) is 0 Å². The van der Waals surface area contributed by atoms with Gasteiger partial charge in [-0.25, -0.2) is 0 Å². The number of rotatable bonds is 3. The predicted octanol–water partition coefficient (Wildman–Crippen LogP) is 0.838. The Morgan fingerprint density at radius 2 is 2.29 bits per heavy atom. The lowest BCUT2D eigenvalue weighted by Gasteiger charge is -2.25. The highest BCUT2D eigenvalue weighted by Crippen LogP contribution is 2.26. The zero-order valence-corrected chi connectivity index (χ0v) is 10.2. The highest BCUT2D eigenvalue weighted by Gasteiger charge is 2.30. The van der Waals surface area contributed by atoms with Crippen molar-refractivity contribution < 1.29 is 4.79 Å². The Morgan fingerprint density at radius 3 is 3.00 bits per heavy atom. The number of hydrogen-bond acceptors (Lipinski definition) is 4. The van der Waals surface area contributed by atoms with Crippen molar-refractivity contribution in [1.82, 2.24) is 10.3 Å². The van der Waals surface area contributed by atoms with Crippen molar-refractivity contribution in [2.75, 3.05) is 30.9 Å². The van der Waals surface area contributed by atoms with Gasteiger partial charge in [-0.1, -0.05) is 0 Å². The first-order chi connectivity index (χ1) is 8.26. The van der Waals surface area contributed by atoms with Gasteiger partial charge >= 0.3 is 0 Å². The quantitative estimate of drug-likeness (QED) is 0.813. The molecule has 2 rings (SSSR count). The molecule has 0 aromatic carbocycles. The van der Waals surface area contributed by atoms with Gasteiger partial charge in [0.25, 0.3) is 0 Å². The van der Waals surface area contributed by atoms with Gasteiger partial charge in [-0.15, -0.1) is 0 Å². The van der Waals surface area contributed by atoms with Gasteiger partial charge in [0.15, 0.2) is 0 Å². The van der Waals surface area contributed by atoms with Gasteiger partial charge < -0.3 is 15.5 Å². The van der Waals surface area contributed by atoms with Crippen molar-refractivity contribution >= 4 is 17.3 Å². The zero-order chi connectivity index (χ0) is 12.3. The fourth-order valence-corrected chi connectivity index (χ4v) is 2.24. The van der Waals surface area contributed by atoms with E-state index in [1.807, 2.05) is 19.3 Å². The molecule has 1 saturated heterocycles. The van der Waals surface area contributed by atoms with E-state index in [9.17, 15) is 4.79 Å². The lowest BCUT2D eigenvalue weighted by atomic mass is 10.2. The average Bonchev–Trinajstić information content (AvgIpc) is 2.87. The van der Waals surface area contributed by atoms with Crippen LogP contribution < -0.4 is 15.5 Å². The third kappa shape index (κ3) is 2.33. The van der Waals surface area contributed by atoms with Gasteiger partial charge in [0, 0.05) is 20.6 Å². The Hall–Kier alpha value is -1.78. The molecule has 1 unspecified atom stereocenters. The number of amides is 1. The van der Waals surface area contributed by atoms with Gasteiger partial charge in [0.2, 0.25) is 5.91 Å². The van der Waals surface area contributed by atoms with Crippen LogP contribution in [0.25, 0.3) is 0 Å². The highest BCUT2D eigenvalue weighted by molar-refractivity contribution is 5.85. The summed E-state index contributed by atoms with van der Waals surface area (Å²) in [6.07, 6.45) is 5.53. The monoisotopic (exact) mass is 234 g/mol. The summed E-state index contributed by atoms with van der Waals surface area (Å²) in [5.74, 6) is 0.0809. The van der Waals surface area contributed by atoms with Crippen LogP contribution in [0.1, 0.15) is 12.8 Å². The second kappa shape index (κ2) is 5.03. The maximum absolute atomic E-state index is 11.8. The molecular formula is C12H18N4O. The smallest absolute Gasteiger partial charge is 0.242 e. The van der Waals surface area contributed by atoms with Crippen LogP contribution in [0.4, 0.5) is 11.4 Å². The summed E-state index contributed by atoms with van der Waals surface area (Å²) in [6, 6.07) is 1.96. The minimum absolute atomic E-state index is 0.0612. The first-order valence-electron chi connectivity index (χ1n) is 5.87. The number of nitrogens with zero attached hydrogens (tertiary/aromatic N) is 2. The van der Waals surface area contributed by atoms with Crippen molar-refractivity contribution in [2.45, 2.75) is 18.9 Å². The summed E-state index contributed by atoms with van der Waals surface area (Å²) >= 11 is 0. The number of nitrogens with one attached hydrogen (secondary N) is 2. The summed E-state index contributed by atoms with van der Waals surface area (Å²) in [7, 11) is 3.54. The fourth-order valence-electron chi connectivity index (χ4n) is 2.24. The highest BCUT2D eigenvalue weighted by atomic mass is 16.2. The van der Waals surface area contributed by atoms with Crippen molar-refractivity contribution in [1.29, 1.82) is 0 Å². The minimum Gasteiger partial charge on any atom is -0.387 e. The van der Waals surface area contributed by atoms with Crippen molar-refractivity contribution in [3.8, 4) is 0 Å². The lowest BCUT2D eigenvalue weighted by molar-refractivity contribution is -0.121. The van der Waals surface area contributed by atoms with Crippen LogP contribution in [0.15, 0.2) is 18.5 Å². The van der Waals surface area contributed by atoms with E-state index in [-0.39, 0.29) is 11.9 Å². The summed E-state index contributed by atoms with van der Waals surface area (Å²) < 4.78 is 0. The minimum atomic E-state index is -0.0612. The summed E-state index contributed by atoms with van der Waals surface area (Å²) in [5.41, 5.74) is 1.97. The predicted molar refractivity (Wildman–Crippen MR) is 68.2 cm³/mol. The Labute approximate surface area is 101 Å². The number of hydrogen-bond donors (Lipinski definition) is 2. The van der Waals surface area contributed by atoms with Crippen LogP contribution in [0, 0.1) is 0 Å². The Kier molecular flexibility index (Phi) is 3.46. The van der Waals surface area contributed by atoms with E-state index in [0.717, 1.165) is 30.8 Å². The molecule has 92 valence electrons. The molecule has 5 heteroatoms. The number of pyridine rings is 1. The van der Waals surface area contributed by atoms with Crippen LogP contribution in [0.3, 0.4) is 0 Å². The number of carbonyl (C=O) groups is 1. The first kappa shape index (κ1) is 11.7. The summed E-state index contributed by atoms with van der Waals surface area (Å²) in [4.78, 5) is 18.1. The first-order valence-corrected chi connectivity index (χ1v) is 5.87. The molecule has 1 amide bonds. The fraction of sp³-hybridized carbons (Fsp3) is 0.500. The molecule has 2 heterocycles. The van der Waals surface area contributed by atoms with Crippen molar-refractivity contribution in [2.24, 2.45) is 0 Å². The van der Waals surface area contributed by atoms with Gasteiger partial charge in [0.05, 0.1) is 23.8 Å². The number of anilines is 2. The molecule has 0 radical (unpaired) electrons. The topological polar surface area (TPSA) is 57.3 Å². The van der Waals surface area contributed by atoms with Gasteiger partial charge in [-0.2, -0.15) is 0 Å². The lowest BCUT2D eigenvalue weighted by Crippen LogP contribution is -2.42. The van der Waals surface area contributed by atoms with E-state index >= 15 is 0 Å². The Bertz CT molecular complexity index is 407. The second-order valence-electron chi connectivity index (χ2n) is 4.15. The molecule has 17 heavy (non-hydrogen) atoms. The zero-order valence-electron chi connectivity index (χ0n) is 10.2. The van der Waals surface area contributed by atoms with E-state index in [1.54, 1.807) is 13.2 Å². The third-order valence-electron chi connectivity index (χ3n) is 3.15. The third-order valence-corrected chi connectivity index (χ3v) is 3.15. The van der Waals surface area contributed by atoms with Gasteiger partial charge in [0.1, 0.15) is 6.04 Å². The van der Waals surface area contributed by atoms with E-state index < -0.39 is 0 Å². The molecule has 2 N–H and O–H groups in total. The van der Waals surface area contributed by atoms with Crippen molar-refractivity contribution in [3.05, 3.63) is 18.5 Å². The van der Waals surface area contributed by atoms with Crippen LogP contribution in [-0.4, -0.2) is 37.6 Å². The van der Waals surface area contributed by atoms with E-state index in [1.165, 1.54) is 0 Å². The molecule has 5 nitrogen and oxygen atoms in total. The number of carbonyl (C=O) groups excluding carboxylic acids is 1. The van der Waals surface area contributed by atoms with E-state index in [2.05, 4.69) is 20.5 Å². The second-order valence-corrected chi connectivity index (χ2v) is 4.15. The molecule has 0 saturated carbocycles. The molecule has 1 aromatic rings. The largest absolute Gasteiger partial charge is 0.387 e. The Balaban J connectivity index is 2.22. The molecular weight excluding hydrogens is 216 g/mol. The van der Waals surface area contributed by atoms with Gasteiger partial charge in [-0.3, -0.25) is 9.78 Å². The molecule has 1 aliphatic rings. The standard InChI is InChI=1S/C12H18N4O/c1-13-9-6-10(8-15-7-9)16-5-3-4-11(16)12(17)14-2/h6-8,11,13H,3-5H2,1-2H3,(H,14,17).